The molecule has 2 rings (SSSR count). The molecular weight excluding hydrogens is 378 g/mol. The summed E-state index contributed by atoms with van der Waals surface area (Å²) in [7, 11) is 0. The van der Waals surface area contributed by atoms with Crippen LogP contribution in [0.25, 0.3) is 0 Å². The molecule has 0 bridgehead atoms. The molecule has 0 N–H and O–H groups in total. The number of hydrogen-bond acceptors (Lipinski definition) is 6. The first kappa shape index (κ1) is 21.7. The van der Waals surface area contributed by atoms with Gasteiger partial charge in [-0.2, -0.15) is 10.2 Å². The van der Waals surface area contributed by atoms with Gasteiger partial charge in [0.2, 0.25) is 0 Å². The summed E-state index contributed by atoms with van der Waals surface area (Å²) < 4.78 is 0. The van der Waals surface area contributed by atoms with E-state index in [1.807, 2.05) is 25.1 Å². The second-order valence-corrected chi connectivity index (χ2v) is 5.32. The standard InChI is InChI=1S/C14H20N4S.CHNS.Cu/c1-12(13-8-4-5-9-15-13)16-17-14(19)18-10-6-2-3-7-11-18;2-1-3;/h4-5,8-9H,2-3,6-7,10-11H2,1H3,(H,17,19);3H;/q;;+2/p-2/b16-12+;;. The zero-order valence-electron chi connectivity index (χ0n) is 12.9. The van der Waals surface area contributed by atoms with Gasteiger partial charge in [0, 0.05) is 24.5 Å². The molecule has 1 aromatic rings. The van der Waals surface area contributed by atoms with Crippen molar-refractivity contribution < 1.29 is 17.1 Å². The fourth-order valence-electron chi connectivity index (χ4n) is 2.07. The number of pyridine rings is 1. The van der Waals surface area contributed by atoms with Gasteiger partial charge in [-0.1, -0.05) is 24.3 Å². The van der Waals surface area contributed by atoms with Crippen molar-refractivity contribution in [3.05, 3.63) is 30.1 Å². The molecule has 23 heavy (non-hydrogen) atoms. The molecular formula is C15H19CuN5S2. The molecule has 0 saturated carbocycles. The summed E-state index contributed by atoms with van der Waals surface area (Å²) in [6, 6.07) is 5.74. The summed E-state index contributed by atoms with van der Waals surface area (Å²) in [6.07, 6.45) is 6.71. The van der Waals surface area contributed by atoms with Crippen LogP contribution in [0.15, 0.2) is 34.6 Å². The number of nitriles is 1. The summed E-state index contributed by atoms with van der Waals surface area (Å²) in [4.78, 5) is 6.39. The zero-order valence-corrected chi connectivity index (χ0v) is 15.5. The number of amidine groups is 1. The Morgan fingerprint density at radius 1 is 1.22 bits per heavy atom. The Morgan fingerprint density at radius 3 is 2.35 bits per heavy atom. The average Bonchev–Trinajstić information content (AvgIpc) is 2.83. The molecule has 0 aromatic carbocycles. The van der Waals surface area contributed by atoms with Crippen LogP contribution in [0, 0.1) is 10.7 Å². The van der Waals surface area contributed by atoms with Crippen molar-refractivity contribution in [1.82, 2.24) is 9.88 Å². The normalized spacial score (nSPS) is 15.4. The molecule has 5 nitrogen and oxygen atoms in total. The van der Waals surface area contributed by atoms with Crippen molar-refractivity contribution in [2.24, 2.45) is 10.2 Å². The minimum absolute atomic E-state index is 0. The average molecular weight is 397 g/mol. The van der Waals surface area contributed by atoms with Crippen molar-refractivity contribution >= 4 is 36.1 Å². The number of thiocyanates is 1. The predicted molar refractivity (Wildman–Crippen MR) is 94.3 cm³/mol. The Labute approximate surface area is 159 Å². The Morgan fingerprint density at radius 2 is 1.83 bits per heavy atom. The maximum absolute atomic E-state index is 7.13. The molecule has 0 amide bonds. The maximum Gasteiger partial charge on any atom is 2.00 e. The third-order valence-electron chi connectivity index (χ3n) is 3.20. The first-order valence-electron chi connectivity index (χ1n) is 7.16. The summed E-state index contributed by atoms with van der Waals surface area (Å²) >= 11 is 9.03. The zero-order chi connectivity index (χ0) is 16.2. The van der Waals surface area contributed by atoms with Crippen LogP contribution in [-0.2, 0) is 42.3 Å². The molecule has 8 heteroatoms. The molecule has 127 valence electrons. The molecule has 1 radical (unpaired) electrons. The Kier molecular flexibility index (Phi) is 12.5. The van der Waals surface area contributed by atoms with E-state index in [0.717, 1.165) is 24.5 Å². The van der Waals surface area contributed by atoms with E-state index in [4.69, 9.17) is 17.9 Å². The molecule has 2 heterocycles. The molecule has 1 aliphatic heterocycles. The number of nitrogens with zero attached hydrogens (tertiary/aromatic N) is 5. The maximum atomic E-state index is 7.13. The fourth-order valence-corrected chi connectivity index (χ4v) is 2.29. The quantitative estimate of drug-likeness (QED) is 0.192. The van der Waals surface area contributed by atoms with Crippen LogP contribution in [0.4, 0.5) is 0 Å². The van der Waals surface area contributed by atoms with Crippen molar-refractivity contribution in [3.8, 4) is 5.40 Å². The van der Waals surface area contributed by atoms with E-state index in [2.05, 4.69) is 32.7 Å². The predicted octanol–water partition coefficient (Wildman–Crippen LogP) is 2.60. The van der Waals surface area contributed by atoms with E-state index in [9.17, 15) is 0 Å². The SMILES string of the molecule is C/C(=N\N=C(/[S-])N1CCCCCC1)c1ccccn1.N#C[S-].[Cu+2]. The van der Waals surface area contributed by atoms with Gasteiger partial charge < -0.3 is 30.2 Å². The van der Waals surface area contributed by atoms with E-state index < -0.39 is 0 Å². The van der Waals surface area contributed by atoms with Crippen LogP contribution in [-0.4, -0.2) is 33.9 Å². The van der Waals surface area contributed by atoms with Crippen LogP contribution in [0.2, 0.25) is 0 Å². The fraction of sp³-hybridized carbons (Fsp3) is 0.467. The monoisotopic (exact) mass is 396 g/mol. The van der Waals surface area contributed by atoms with Crippen molar-refractivity contribution in [2.45, 2.75) is 32.6 Å². The molecule has 1 aliphatic rings. The Hall–Kier alpha value is -1.26. The number of rotatable bonds is 2. The molecule has 0 aliphatic carbocycles. The number of likely N-dealkylation sites (tertiary alicyclic amines) is 1. The van der Waals surface area contributed by atoms with Gasteiger partial charge in [-0.3, -0.25) is 4.98 Å². The van der Waals surface area contributed by atoms with E-state index in [1.54, 1.807) is 6.20 Å². The van der Waals surface area contributed by atoms with Gasteiger partial charge in [-0.15, -0.1) is 0 Å². The van der Waals surface area contributed by atoms with Crippen LogP contribution in [0.5, 0.6) is 0 Å². The third kappa shape index (κ3) is 8.82. The molecule has 0 unspecified atom stereocenters. The summed E-state index contributed by atoms with van der Waals surface area (Å²) in [5, 5.41) is 17.4. The van der Waals surface area contributed by atoms with Gasteiger partial charge in [-0.25, -0.2) is 5.26 Å². The minimum Gasteiger partial charge on any atom is -0.741 e. The molecule has 1 fully saturated rings. The van der Waals surface area contributed by atoms with Crippen LogP contribution >= 0.6 is 0 Å². The first-order chi connectivity index (χ1) is 10.7. The minimum atomic E-state index is 0. The van der Waals surface area contributed by atoms with Gasteiger partial charge in [0.1, 0.15) is 0 Å². The van der Waals surface area contributed by atoms with Crippen LogP contribution in [0.3, 0.4) is 0 Å². The van der Waals surface area contributed by atoms with E-state index in [1.165, 1.54) is 31.1 Å². The van der Waals surface area contributed by atoms with Gasteiger partial charge >= 0.3 is 17.1 Å². The number of aromatic nitrogens is 1. The van der Waals surface area contributed by atoms with Gasteiger partial charge in [0.15, 0.2) is 0 Å². The first-order valence-corrected chi connectivity index (χ1v) is 7.97. The second kappa shape index (κ2) is 13.2. The van der Waals surface area contributed by atoms with Gasteiger partial charge in [0.25, 0.3) is 0 Å². The number of hydrogen-bond donors (Lipinski definition) is 0. The topological polar surface area (TPSA) is 64.6 Å². The van der Waals surface area contributed by atoms with Crippen molar-refractivity contribution in [3.63, 3.8) is 0 Å². The second-order valence-electron chi connectivity index (χ2n) is 4.78. The molecule has 0 spiro atoms. The molecule has 1 aromatic heterocycles. The van der Waals surface area contributed by atoms with Crippen LogP contribution in [0.1, 0.15) is 38.3 Å². The third-order valence-corrected chi connectivity index (χ3v) is 3.54. The molecule has 1 saturated heterocycles. The van der Waals surface area contributed by atoms with Gasteiger partial charge in [0.05, 0.1) is 11.4 Å². The van der Waals surface area contributed by atoms with E-state index in [0.29, 0.717) is 5.17 Å². The molecule has 0 atom stereocenters. The summed E-state index contributed by atoms with van der Waals surface area (Å²) in [6.45, 7) is 3.90. The summed E-state index contributed by atoms with van der Waals surface area (Å²) in [5.41, 5.74) is 1.63. The largest absolute Gasteiger partial charge is 2.00 e. The van der Waals surface area contributed by atoms with Crippen LogP contribution < -0.4 is 0 Å². The van der Waals surface area contributed by atoms with E-state index >= 15 is 0 Å². The smallest absolute Gasteiger partial charge is 0.741 e. The Bertz CT molecular complexity index is 535. The van der Waals surface area contributed by atoms with Gasteiger partial charge in [-0.05, 0) is 31.9 Å². The van der Waals surface area contributed by atoms with E-state index in [-0.39, 0.29) is 17.1 Å². The summed E-state index contributed by atoms with van der Waals surface area (Å²) in [5.74, 6) is 0. The Balaban J connectivity index is 0.00000112. The van der Waals surface area contributed by atoms with Crippen molar-refractivity contribution in [2.75, 3.05) is 13.1 Å². The van der Waals surface area contributed by atoms with Crippen molar-refractivity contribution in [1.29, 1.82) is 5.26 Å².